The van der Waals surface area contributed by atoms with E-state index in [0.717, 1.165) is 6.07 Å². The lowest BCUT2D eigenvalue weighted by molar-refractivity contribution is -0.386. The number of carbonyl (C=O) groups is 1. The predicted octanol–water partition coefficient (Wildman–Crippen LogP) is 1.67. The van der Waals surface area contributed by atoms with Crippen molar-refractivity contribution in [3.63, 3.8) is 0 Å². The van der Waals surface area contributed by atoms with Crippen LogP contribution >= 0.6 is 11.6 Å². The summed E-state index contributed by atoms with van der Waals surface area (Å²) in [5.41, 5.74) is 2.65. The number of nitrogen functional groups attached to an aromatic ring is 1. The number of nitro groups is 1. The largest absolute Gasteiger partial charge is 0.478 e. The molecule has 3 N–H and O–H groups in total. The Labute approximate surface area is 87.2 Å². The molecule has 0 heterocycles. The minimum Gasteiger partial charge on any atom is -0.478 e. The number of hydrogen-bond acceptors (Lipinski definition) is 4. The summed E-state index contributed by atoms with van der Waals surface area (Å²) in [6.45, 7) is 0. The maximum atomic E-state index is 13.1. The second kappa shape index (κ2) is 3.70. The Bertz CT molecular complexity index is 463. The fraction of sp³-hybridized carbons (Fsp3) is 0. The van der Waals surface area contributed by atoms with Crippen LogP contribution in [0.25, 0.3) is 0 Å². The maximum absolute atomic E-state index is 13.1. The van der Waals surface area contributed by atoms with Crippen LogP contribution in [0, 0.1) is 15.9 Å². The van der Waals surface area contributed by atoms with E-state index < -0.39 is 38.7 Å². The highest BCUT2D eigenvalue weighted by Crippen LogP contribution is 2.33. The lowest BCUT2D eigenvalue weighted by atomic mass is 10.1. The number of aromatic carboxylic acids is 1. The number of nitrogens with two attached hydrogens (primary N) is 1. The molecule has 0 aromatic heterocycles. The van der Waals surface area contributed by atoms with Crippen LogP contribution in [0.3, 0.4) is 0 Å². The zero-order valence-electron chi connectivity index (χ0n) is 7.03. The van der Waals surface area contributed by atoms with E-state index in [1.54, 1.807) is 0 Å². The number of hydrogen-bond donors (Lipinski definition) is 2. The van der Waals surface area contributed by atoms with Gasteiger partial charge in [0.1, 0.15) is 5.69 Å². The van der Waals surface area contributed by atoms with Crippen LogP contribution in [0.5, 0.6) is 0 Å². The summed E-state index contributed by atoms with van der Waals surface area (Å²) in [6.07, 6.45) is 0. The number of anilines is 1. The van der Waals surface area contributed by atoms with Crippen LogP contribution in [0.15, 0.2) is 6.07 Å². The molecule has 8 heteroatoms. The standard InChI is InChI=1S/C7H4ClFN2O4/c8-3-1-2(7(12)13)5(10)6(4(3)9)11(14)15/h1H,10H2,(H,12,13). The van der Waals surface area contributed by atoms with E-state index in [4.69, 9.17) is 22.4 Å². The molecule has 6 nitrogen and oxygen atoms in total. The van der Waals surface area contributed by atoms with Crippen molar-refractivity contribution in [2.75, 3.05) is 5.73 Å². The number of benzene rings is 1. The van der Waals surface area contributed by atoms with E-state index in [-0.39, 0.29) is 0 Å². The van der Waals surface area contributed by atoms with Crippen LogP contribution in [0.1, 0.15) is 10.4 Å². The van der Waals surface area contributed by atoms with Crippen molar-refractivity contribution in [3.05, 3.63) is 32.6 Å². The summed E-state index contributed by atoms with van der Waals surface area (Å²) >= 11 is 5.28. The van der Waals surface area contributed by atoms with Crippen LogP contribution in [-0.4, -0.2) is 16.0 Å². The maximum Gasteiger partial charge on any atom is 0.338 e. The quantitative estimate of drug-likeness (QED) is 0.460. The van der Waals surface area contributed by atoms with Crippen molar-refractivity contribution in [1.29, 1.82) is 0 Å². The molecule has 0 radical (unpaired) electrons. The van der Waals surface area contributed by atoms with Crippen molar-refractivity contribution in [2.45, 2.75) is 0 Å². The van der Waals surface area contributed by atoms with Crippen LogP contribution < -0.4 is 5.73 Å². The fourth-order valence-corrected chi connectivity index (χ4v) is 1.18. The SMILES string of the molecule is Nc1c(C(=O)O)cc(Cl)c(F)c1[N+](=O)[O-]. The molecule has 0 aliphatic heterocycles. The third-order valence-corrected chi connectivity index (χ3v) is 1.92. The minimum absolute atomic E-state index is 0.604. The molecule has 1 aromatic carbocycles. The Kier molecular flexibility index (Phi) is 2.76. The molecule has 0 bridgehead atoms. The monoisotopic (exact) mass is 234 g/mol. The first kappa shape index (κ1) is 11.2. The average Bonchev–Trinajstić information content (AvgIpc) is 2.10. The Morgan fingerprint density at radius 2 is 2.20 bits per heavy atom. The highest BCUT2D eigenvalue weighted by atomic mass is 35.5. The van der Waals surface area contributed by atoms with Gasteiger partial charge in [0.05, 0.1) is 15.5 Å². The average molecular weight is 235 g/mol. The van der Waals surface area contributed by atoms with Gasteiger partial charge in [0.2, 0.25) is 5.82 Å². The Morgan fingerprint density at radius 1 is 1.67 bits per heavy atom. The molecule has 1 aromatic rings. The third kappa shape index (κ3) is 1.82. The molecule has 0 aliphatic carbocycles. The molecule has 0 unspecified atom stereocenters. The summed E-state index contributed by atoms with van der Waals surface area (Å²) in [5, 5.41) is 18.3. The van der Waals surface area contributed by atoms with Gasteiger partial charge < -0.3 is 10.8 Å². The van der Waals surface area contributed by atoms with Gasteiger partial charge in [-0.15, -0.1) is 0 Å². The zero-order valence-corrected chi connectivity index (χ0v) is 7.79. The van der Waals surface area contributed by atoms with E-state index in [9.17, 15) is 19.3 Å². The Hall–Kier alpha value is -1.89. The molecule has 1 rings (SSSR count). The summed E-state index contributed by atoms with van der Waals surface area (Å²) in [7, 11) is 0. The molecule has 0 spiro atoms. The van der Waals surface area contributed by atoms with Crippen LogP contribution in [-0.2, 0) is 0 Å². The second-order valence-corrected chi connectivity index (χ2v) is 2.95. The van der Waals surface area contributed by atoms with Gasteiger partial charge in [0, 0.05) is 0 Å². The highest BCUT2D eigenvalue weighted by Gasteiger charge is 2.27. The number of carboxylic acids is 1. The Balaban J connectivity index is 3.63. The second-order valence-electron chi connectivity index (χ2n) is 2.54. The molecule has 80 valence electrons. The molecule has 0 atom stereocenters. The molecular formula is C7H4ClFN2O4. The van der Waals surface area contributed by atoms with Crippen molar-refractivity contribution in [3.8, 4) is 0 Å². The van der Waals surface area contributed by atoms with Crippen molar-refractivity contribution >= 4 is 28.9 Å². The first-order valence-corrected chi connectivity index (χ1v) is 3.89. The lowest BCUT2D eigenvalue weighted by Crippen LogP contribution is -2.07. The van der Waals surface area contributed by atoms with E-state index in [0.29, 0.717) is 0 Å². The van der Waals surface area contributed by atoms with E-state index in [1.807, 2.05) is 0 Å². The number of halogens is 2. The summed E-state index contributed by atoms with van der Waals surface area (Å²) in [5.74, 6) is -2.86. The van der Waals surface area contributed by atoms with Gasteiger partial charge in [-0.3, -0.25) is 10.1 Å². The number of nitrogens with zero attached hydrogens (tertiary/aromatic N) is 1. The first-order valence-electron chi connectivity index (χ1n) is 3.51. The molecule has 0 saturated carbocycles. The summed E-state index contributed by atoms with van der Waals surface area (Å²) < 4.78 is 13.1. The smallest absolute Gasteiger partial charge is 0.338 e. The van der Waals surface area contributed by atoms with Crippen molar-refractivity contribution in [2.24, 2.45) is 0 Å². The zero-order chi connectivity index (χ0) is 11.7. The van der Waals surface area contributed by atoms with E-state index in [2.05, 4.69) is 0 Å². The van der Waals surface area contributed by atoms with Gasteiger partial charge in [-0.2, -0.15) is 4.39 Å². The molecular weight excluding hydrogens is 231 g/mol. The van der Waals surface area contributed by atoms with Crippen molar-refractivity contribution < 1.29 is 19.2 Å². The topological polar surface area (TPSA) is 106 Å². The Morgan fingerprint density at radius 3 is 2.60 bits per heavy atom. The molecule has 15 heavy (non-hydrogen) atoms. The molecule has 0 fully saturated rings. The van der Waals surface area contributed by atoms with Gasteiger partial charge in [-0.05, 0) is 6.07 Å². The van der Waals surface area contributed by atoms with Crippen molar-refractivity contribution in [1.82, 2.24) is 0 Å². The summed E-state index contributed by atoms with van der Waals surface area (Å²) in [6, 6.07) is 0.724. The summed E-state index contributed by atoms with van der Waals surface area (Å²) in [4.78, 5) is 19.9. The van der Waals surface area contributed by atoms with Gasteiger partial charge in [-0.1, -0.05) is 11.6 Å². The van der Waals surface area contributed by atoms with Crippen LogP contribution in [0.4, 0.5) is 15.8 Å². The lowest BCUT2D eigenvalue weighted by Gasteiger charge is -2.04. The van der Waals surface area contributed by atoms with Gasteiger partial charge in [0.25, 0.3) is 0 Å². The predicted molar refractivity (Wildman–Crippen MR) is 49.4 cm³/mol. The minimum atomic E-state index is -1.52. The number of rotatable bonds is 2. The van der Waals surface area contributed by atoms with Crippen LogP contribution in [0.2, 0.25) is 5.02 Å². The highest BCUT2D eigenvalue weighted by molar-refractivity contribution is 6.31. The fourth-order valence-electron chi connectivity index (χ4n) is 0.982. The number of nitro benzene ring substituents is 1. The molecule has 0 saturated heterocycles. The van der Waals surface area contributed by atoms with Gasteiger partial charge in [0.15, 0.2) is 0 Å². The first-order chi connectivity index (χ1) is 6.86. The number of carboxylic acid groups (broad SMARTS) is 1. The van der Waals surface area contributed by atoms with E-state index in [1.165, 1.54) is 0 Å². The molecule has 0 aliphatic rings. The van der Waals surface area contributed by atoms with E-state index >= 15 is 0 Å². The molecule has 0 amide bonds. The normalized spacial score (nSPS) is 10.0. The van der Waals surface area contributed by atoms with Gasteiger partial charge in [-0.25, -0.2) is 4.79 Å². The van der Waals surface area contributed by atoms with Gasteiger partial charge >= 0.3 is 11.7 Å². The third-order valence-electron chi connectivity index (χ3n) is 1.65.